The van der Waals surface area contributed by atoms with Gasteiger partial charge in [0.05, 0.1) is 12.8 Å². The van der Waals surface area contributed by atoms with E-state index in [4.69, 9.17) is 0 Å². The third-order valence-electron chi connectivity index (χ3n) is 5.67. The van der Waals surface area contributed by atoms with Crippen molar-refractivity contribution in [3.05, 3.63) is 70.9 Å². The summed E-state index contributed by atoms with van der Waals surface area (Å²) in [4.78, 5) is 30.9. The fourth-order valence-corrected chi connectivity index (χ4v) is 4.12. The zero-order chi connectivity index (χ0) is 19.3. The highest BCUT2D eigenvalue weighted by Gasteiger charge is 2.43. The maximum atomic E-state index is 13.1. The van der Waals surface area contributed by atoms with Gasteiger partial charge in [-0.15, -0.1) is 0 Å². The predicted molar refractivity (Wildman–Crippen MR) is 107 cm³/mol. The molecule has 1 fully saturated rings. The Labute approximate surface area is 162 Å². The van der Waals surface area contributed by atoms with Gasteiger partial charge in [-0.25, -0.2) is 5.01 Å². The number of aromatic amines is 1. The maximum absolute atomic E-state index is 13.1. The summed E-state index contributed by atoms with van der Waals surface area (Å²) < 4.78 is 0. The van der Waals surface area contributed by atoms with Gasteiger partial charge in [-0.3, -0.25) is 9.59 Å². The maximum Gasteiger partial charge on any atom is 0.266 e. The van der Waals surface area contributed by atoms with E-state index in [0.717, 1.165) is 33.3 Å². The third kappa shape index (κ3) is 2.60. The molecule has 0 unspecified atom stereocenters. The van der Waals surface area contributed by atoms with Gasteiger partial charge in [-0.2, -0.15) is 5.10 Å². The molecule has 28 heavy (non-hydrogen) atoms. The molecule has 1 atom stereocenters. The molecule has 6 nitrogen and oxygen atoms in total. The highest BCUT2D eigenvalue weighted by atomic mass is 16.2. The Bertz CT molecular complexity index is 1130. The molecule has 0 radical (unpaired) electrons. The predicted octanol–water partition coefficient (Wildman–Crippen LogP) is 2.61. The van der Waals surface area contributed by atoms with Crippen molar-refractivity contribution >= 4 is 28.9 Å². The van der Waals surface area contributed by atoms with Gasteiger partial charge in [0, 0.05) is 23.0 Å². The quantitative estimate of drug-likeness (QED) is 0.703. The number of rotatable bonds is 2. The van der Waals surface area contributed by atoms with Gasteiger partial charge in [-0.1, -0.05) is 42.5 Å². The molecular weight excluding hydrogens is 352 g/mol. The number of nitrogens with one attached hydrogen (secondary N) is 1. The third-order valence-corrected chi connectivity index (χ3v) is 5.67. The first-order valence-corrected chi connectivity index (χ1v) is 9.41. The average molecular weight is 372 g/mol. The molecule has 3 aromatic rings. The minimum absolute atomic E-state index is 0.0206. The largest absolute Gasteiger partial charge is 0.357 e. The molecular formula is C22H20N4O2. The zero-order valence-electron chi connectivity index (χ0n) is 15.6. The molecule has 0 saturated carbocycles. The number of aromatic nitrogens is 1. The molecule has 0 aliphatic carbocycles. The molecule has 2 amide bonds. The fraction of sp³-hybridized carbons (Fsp3) is 0.227. The number of carbonyl (C=O) groups is 2. The summed E-state index contributed by atoms with van der Waals surface area (Å²) in [5.74, 6) is -0.198. The van der Waals surface area contributed by atoms with E-state index in [9.17, 15) is 9.59 Å². The first-order chi connectivity index (χ1) is 13.6. The number of piperazine rings is 1. The molecule has 0 bridgehead atoms. The van der Waals surface area contributed by atoms with Crippen LogP contribution in [0.1, 0.15) is 22.4 Å². The minimum atomic E-state index is -0.498. The van der Waals surface area contributed by atoms with Crippen molar-refractivity contribution in [2.45, 2.75) is 25.9 Å². The number of amides is 2. The molecule has 1 saturated heterocycles. The Balaban J connectivity index is 1.46. The van der Waals surface area contributed by atoms with Crippen LogP contribution in [-0.2, 0) is 22.6 Å². The average Bonchev–Trinajstić information content (AvgIpc) is 3.07. The van der Waals surface area contributed by atoms with Gasteiger partial charge in [-0.05, 0) is 29.7 Å². The lowest BCUT2D eigenvalue weighted by molar-refractivity contribution is -0.157. The Morgan fingerprint density at radius 1 is 1.07 bits per heavy atom. The second-order valence-electron chi connectivity index (χ2n) is 7.37. The van der Waals surface area contributed by atoms with Crippen molar-refractivity contribution in [3.63, 3.8) is 0 Å². The van der Waals surface area contributed by atoms with Crippen LogP contribution in [0.3, 0.4) is 0 Å². The second kappa shape index (κ2) is 6.34. The van der Waals surface area contributed by atoms with E-state index in [1.54, 1.807) is 11.1 Å². The van der Waals surface area contributed by atoms with Crippen LogP contribution in [0.15, 0.2) is 53.6 Å². The van der Waals surface area contributed by atoms with E-state index in [1.807, 2.05) is 49.4 Å². The summed E-state index contributed by atoms with van der Waals surface area (Å²) in [6.45, 7) is 2.41. The zero-order valence-corrected chi connectivity index (χ0v) is 15.6. The van der Waals surface area contributed by atoms with Gasteiger partial charge in [0.15, 0.2) is 0 Å². The number of hydrazone groups is 1. The van der Waals surface area contributed by atoms with Crippen molar-refractivity contribution in [2.75, 3.05) is 6.54 Å². The standard InChI is InChI=1S/C22H20N4O2/c1-14-6-2-3-7-15(14)11-23-26-13-21(27)25-12-19-17(10-20(25)22(26)28)16-8-4-5-9-18(16)24-19/h2-9,11,20,24H,10,12-13H2,1H3/b23-11-/t20-/m1/s1. The lowest BCUT2D eigenvalue weighted by atomic mass is 9.94. The molecule has 2 aromatic carbocycles. The lowest BCUT2D eigenvalue weighted by Crippen LogP contribution is -2.60. The van der Waals surface area contributed by atoms with Crippen LogP contribution in [-0.4, -0.2) is 45.5 Å². The molecule has 1 aromatic heterocycles. The van der Waals surface area contributed by atoms with Gasteiger partial charge < -0.3 is 9.88 Å². The number of carbonyl (C=O) groups excluding carboxylic acids is 2. The summed E-state index contributed by atoms with van der Waals surface area (Å²) in [7, 11) is 0. The molecule has 2 aliphatic heterocycles. The Kier molecular flexibility index (Phi) is 3.79. The SMILES string of the molecule is Cc1ccccc1/C=N\N1CC(=O)N2Cc3[nH]c4ccccc4c3C[C@@H]2C1=O. The van der Waals surface area contributed by atoms with E-state index in [2.05, 4.69) is 16.2 Å². The summed E-state index contributed by atoms with van der Waals surface area (Å²) in [5.41, 5.74) is 5.21. The van der Waals surface area contributed by atoms with E-state index in [0.29, 0.717) is 13.0 Å². The molecule has 1 N–H and O–H groups in total. The number of benzene rings is 2. The van der Waals surface area contributed by atoms with Gasteiger partial charge in [0.2, 0.25) is 5.91 Å². The highest BCUT2D eigenvalue weighted by Crippen LogP contribution is 2.32. The van der Waals surface area contributed by atoms with E-state index in [-0.39, 0.29) is 18.4 Å². The van der Waals surface area contributed by atoms with Gasteiger partial charge in [0.1, 0.15) is 12.6 Å². The molecule has 6 heteroatoms. The van der Waals surface area contributed by atoms with Crippen molar-refractivity contribution in [1.29, 1.82) is 0 Å². The number of aryl methyl sites for hydroxylation is 1. The Hall–Kier alpha value is -3.41. The van der Waals surface area contributed by atoms with Crippen LogP contribution < -0.4 is 0 Å². The molecule has 3 heterocycles. The van der Waals surface area contributed by atoms with Crippen LogP contribution >= 0.6 is 0 Å². The Morgan fingerprint density at radius 2 is 1.86 bits per heavy atom. The van der Waals surface area contributed by atoms with Crippen molar-refractivity contribution in [2.24, 2.45) is 5.10 Å². The number of H-pyrrole nitrogens is 1. The van der Waals surface area contributed by atoms with E-state index in [1.165, 1.54) is 5.01 Å². The number of hydrogen-bond acceptors (Lipinski definition) is 3. The van der Waals surface area contributed by atoms with Gasteiger partial charge in [0.25, 0.3) is 5.91 Å². The topological polar surface area (TPSA) is 68.8 Å². The first-order valence-electron chi connectivity index (χ1n) is 9.41. The lowest BCUT2D eigenvalue weighted by Gasteiger charge is -2.40. The normalized spacial score (nSPS) is 19.4. The number of para-hydroxylation sites is 1. The molecule has 2 aliphatic rings. The highest BCUT2D eigenvalue weighted by molar-refractivity contribution is 5.97. The summed E-state index contributed by atoms with van der Waals surface area (Å²) in [6, 6.07) is 15.4. The van der Waals surface area contributed by atoms with E-state index < -0.39 is 6.04 Å². The number of nitrogens with zero attached hydrogens (tertiary/aromatic N) is 3. The molecule has 0 spiro atoms. The van der Waals surface area contributed by atoms with Crippen LogP contribution in [0, 0.1) is 6.92 Å². The summed E-state index contributed by atoms with van der Waals surface area (Å²) in [5, 5.41) is 6.78. The van der Waals surface area contributed by atoms with Crippen LogP contribution in [0.2, 0.25) is 0 Å². The number of fused-ring (bicyclic) bond motifs is 4. The monoisotopic (exact) mass is 372 g/mol. The smallest absolute Gasteiger partial charge is 0.266 e. The summed E-state index contributed by atoms with van der Waals surface area (Å²) >= 11 is 0. The van der Waals surface area contributed by atoms with Crippen molar-refractivity contribution in [1.82, 2.24) is 14.9 Å². The minimum Gasteiger partial charge on any atom is -0.357 e. The first kappa shape index (κ1) is 16.7. The van der Waals surface area contributed by atoms with Crippen molar-refractivity contribution < 1.29 is 9.59 Å². The van der Waals surface area contributed by atoms with Crippen LogP contribution in [0.5, 0.6) is 0 Å². The van der Waals surface area contributed by atoms with Crippen molar-refractivity contribution in [3.8, 4) is 0 Å². The Morgan fingerprint density at radius 3 is 2.71 bits per heavy atom. The summed E-state index contributed by atoms with van der Waals surface area (Å²) in [6.07, 6.45) is 2.18. The second-order valence-corrected chi connectivity index (χ2v) is 7.37. The van der Waals surface area contributed by atoms with Crippen LogP contribution in [0.25, 0.3) is 10.9 Å². The fourth-order valence-electron chi connectivity index (χ4n) is 4.12. The molecule has 140 valence electrons. The van der Waals surface area contributed by atoms with Gasteiger partial charge >= 0.3 is 0 Å². The van der Waals surface area contributed by atoms with Crippen LogP contribution in [0.4, 0.5) is 0 Å². The van der Waals surface area contributed by atoms with E-state index >= 15 is 0 Å². The molecule has 5 rings (SSSR count). The number of hydrogen-bond donors (Lipinski definition) is 1.